The molecule has 196 valence electrons. The van der Waals surface area contributed by atoms with E-state index in [4.69, 9.17) is 9.47 Å². The fourth-order valence-corrected chi connectivity index (χ4v) is 5.29. The van der Waals surface area contributed by atoms with Gasteiger partial charge in [-0.2, -0.15) is 0 Å². The second-order valence-corrected chi connectivity index (χ2v) is 9.62. The molecule has 2 N–H and O–H groups in total. The number of anilines is 2. The predicted molar refractivity (Wildman–Crippen MR) is 132 cm³/mol. The smallest absolute Gasteiger partial charge is 0.308 e. The molecular formula is C27H30N2O8. The van der Waals surface area contributed by atoms with Crippen LogP contribution in [0.5, 0.6) is 0 Å². The molecule has 0 aromatic heterocycles. The van der Waals surface area contributed by atoms with Gasteiger partial charge in [-0.3, -0.25) is 29.0 Å². The standard InChI is InChI=1S/C27H30N2O8/c1-16(22(30)36-3)13-26(34)18-9-5-7-11-20(18)28(24(26)32)15-29-21-12-8-6-10-19(21)27(35,25(29)33)14-17(2)23(31)37-4/h5-12,16-17,34-35H,13-15H2,1-4H3. The van der Waals surface area contributed by atoms with Crippen LogP contribution in [0.15, 0.2) is 48.5 Å². The Bertz CT molecular complexity index is 1170. The van der Waals surface area contributed by atoms with Crippen molar-refractivity contribution in [1.82, 2.24) is 0 Å². The number of hydrogen-bond acceptors (Lipinski definition) is 8. The van der Waals surface area contributed by atoms with Crippen molar-refractivity contribution in [1.29, 1.82) is 0 Å². The first-order chi connectivity index (χ1) is 17.5. The zero-order valence-corrected chi connectivity index (χ0v) is 21.1. The van der Waals surface area contributed by atoms with Gasteiger partial charge in [-0.05, 0) is 12.1 Å². The van der Waals surface area contributed by atoms with Crippen LogP contribution in [0, 0.1) is 11.8 Å². The summed E-state index contributed by atoms with van der Waals surface area (Å²) < 4.78 is 9.54. The Labute approximate surface area is 214 Å². The van der Waals surface area contributed by atoms with E-state index in [1.807, 2.05) is 0 Å². The van der Waals surface area contributed by atoms with Crippen molar-refractivity contribution in [3.8, 4) is 0 Å². The maximum absolute atomic E-state index is 13.7. The Morgan fingerprint density at radius 3 is 1.46 bits per heavy atom. The minimum Gasteiger partial charge on any atom is -0.469 e. The topological polar surface area (TPSA) is 134 Å². The van der Waals surface area contributed by atoms with Gasteiger partial charge in [0.1, 0.15) is 6.67 Å². The summed E-state index contributed by atoms with van der Waals surface area (Å²) in [5, 5.41) is 23.1. The molecule has 10 nitrogen and oxygen atoms in total. The molecule has 37 heavy (non-hydrogen) atoms. The molecule has 0 bridgehead atoms. The number of benzene rings is 2. The molecule has 2 aliphatic rings. The lowest BCUT2D eigenvalue weighted by atomic mass is 9.86. The highest BCUT2D eigenvalue weighted by atomic mass is 16.5. The Morgan fingerprint density at radius 2 is 1.11 bits per heavy atom. The monoisotopic (exact) mass is 510 g/mol. The molecule has 0 spiro atoms. The van der Waals surface area contributed by atoms with Gasteiger partial charge in [0, 0.05) is 24.0 Å². The third kappa shape index (κ3) is 4.15. The molecule has 4 rings (SSSR count). The molecule has 4 unspecified atom stereocenters. The van der Waals surface area contributed by atoms with Gasteiger partial charge in [0.2, 0.25) is 0 Å². The summed E-state index contributed by atoms with van der Waals surface area (Å²) in [7, 11) is 2.47. The van der Waals surface area contributed by atoms with E-state index in [-0.39, 0.29) is 19.5 Å². The number of rotatable bonds is 8. The van der Waals surface area contributed by atoms with Crippen molar-refractivity contribution in [2.75, 3.05) is 30.7 Å². The van der Waals surface area contributed by atoms with Crippen LogP contribution in [0.2, 0.25) is 0 Å². The van der Waals surface area contributed by atoms with Gasteiger partial charge in [0.25, 0.3) is 11.8 Å². The maximum atomic E-state index is 13.7. The molecular weight excluding hydrogens is 480 g/mol. The van der Waals surface area contributed by atoms with Crippen molar-refractivity contribution >= 4 is 35.1 Å². The molecule has 0 radical (unpaired) electrons. The SMILES string of the molecule is COC(=O)C(C)CC1(O)C(=O)N(CN2C(=O)C(O)(CC(C)C(=O)OC)c3ccccc32)c2ccccc21. The lowest BCUT2D eigenvalue weighted by molar-refractivity contribution is -0.150. The van der Waals surface area contributed by atoms with Crippen LogP contribution in [0.3, 0.4) is 0 Å². The molecule has 0 aliphatic carbocycles. The highest BCUT2D eigenvalue weighted by Crippen LogP contribution is 2.47. The zero-order chi connectivity index (χ0) is 27.1. The van der Waals surface area contributed by atoms with E-state index in [1.165, 1.54) is 24.0 Å². The Balaban J connectivity index is 1.70. The number of carbonyl (C=O) groups excluding carboxylic acids is 4. The van der Waals surface area contributed by atoms with Crippen LogP contribution >= 0.6 is 0 Å². The number of carbonyl (C=O) groups is 4. The van der Waals surface area contributed by atoms with Crippen molar-refractivity contribution in [2.24, 2.45) is 11.8 Å². The van der Waals surface area contributed by atoms with Gasteiger partial charge in [0.15, 0.2) is 11.2 Å². The molecule has 2 aliphatic heterocycles. The molecule has 0 saturated carbocycles. The number of amides is 2. The first-order valence-corrected chi connectivity index (χ1v) is 11.9. The number of ether oxygens (including phenoxy) is 2. The molecule has 0 saturated heterocycles. The van der Waals surface area contributed by atoms with Crippen molar-refractivity contribution in [3.63, 3.8) is 0 Å². The van der Waals surface area contributed by atoms with Gasteiger partial charge in [-0.25, -0.2) is 0 Å². The Hall–Kier alpha value is -3.76. The first-order valence-electron chi connectivity index (χ1n) is 11.9. The minimum absolute atomic E-state index is 0.211. The van der Waals surface area contributed by atoms with Crippen LogP contribution in [0.4, 0.5) is 11.4 Å². The number of esters is 2. The zero-order valence-electron chi connectivity index (χ0n) is 21.1. The van der Waals surface area contributed by atoms with E-state index in [9.17, 15) is 29.4 Å². The van der Waals surface area contributed by atoms with Crippen LogP contribution in [-0.2, 0) is 39.9 Å². The van der Waals surface area contributed by atoms with E-state index < -0.39 is 46.8 Å². The number of aliphatic hydroxyl groups is 2. The van der Waals surface area contributed by atoms with Crippen LogP contribution < -0.4 is 9.80 Å². The molecule has 2 aromatic carbocycles. The van der Waals surface area contributed by atoms with Gasteiger partial charge < -0.3 is 19.7 Å². The fourth-order valence-electron chi connectivity index (χ4n) is 5.29. The molecule has 4 atom stereocenters. The minimum atomic E-state index is -2.01. The maximum Gasteiger partial charge on any atom is 0.308 e. The predicted octanol–water partition coefficient (Wildman–Crippen LogP) is 1.81. The number of nitrogens with zero attached hydrogens (tertiary/aromatic N) is 2. The number of fused-ring (bicyclic) bond motifs is 2. The highest BCUT2D eigenvalue weighted by molar-refractivity contribution is 6.11. The Kier molecular flexibility index (Phi) is 6.83. The second-order valence-electron chi connectivity index (χ2n) is 9.62. The number of hydrogen-bond donors (Lipinski definition) is 2. The van der Waals surface area contributed by atoms with Crippen LogP contribution in [0.25, 0.3) is 0 Å². The average molecular weight is 511 g/mol. The third-order valence-corrected chi connectivity index (χ3v) is 7.17. The van der Waals surface area contributed by atoms with Gasteiger partial charge in [0.05, 0.1) is 37.4 Å². The van der Waals surface area contributed by atoms with Crippen LogP contribution in [0.1, 0.15) is 37.8 Å². The van der Waals surface area contributed by atoms with Gasteiger partial charge in [-0.15, -0.1) is 0 Å². The van der Waals surface area contributed by atoms with E-state index in [0.29, 0.717) is 22.5 Å². The lowest BCUT2D eigenvalue weighted by Gasteiger charge is -2.29. The fraction of sp³-hybridized carbons (Fsp3) is 0.407. The van der Waals surface area contributed by atoms with E-state index in [1.54, 1.807) is 62.4 Å². The lowest BCUT2D eigenvalue weighted by Crippen LogP contribution is -2.50. The molecule has 2 aromatic rings. The van der Waals surface area contributed by atoms with Crippen molar-refractivity contribution < 1.29 is 38.9 Å². The summed E-state index contributed by atoms with van der Waals surface area (Å²) in [4.78, 5) is 54.0. The highest BCUT2D eigenvalue weighted by Gasteiger charge is 2.55. The summed E-state index contributed by atoms with van der Waals surface area (Å²) in [6.45, 7) is 2.83. The van der Waals surface area contributed by atoms with E-state index in [2.05, 4.69) is 0 Å². The largest absolute Gasteiger partial charge is 0.469 e. The normalized spacial score (nSPS) is 23.9. The van der Waals surface area contributed by atoms with Crippen molar-refractivity contribution in [2.45, 2.75) is 37.9 Å². The molecule has 2 heterocycles. The average Bonchev–Trinajstić information content (AvgIpc) is 3.23. The second kappa shape index (κ2) is 9.60. The summed E-state index contributed by atoms with van der Waals surface area (Å²) in [6.07, 6.45) is -0.422. The van der Waals surface area contributed by atoms with Gasteiger partial charge in [-0.1, -0.05) is 50.2 Å². The summed E-state index contributed by atoms with van der Waals surface area (Å²) in [5.74, 6) is -4.07. The number of methoxy groups -OCH3 is 2. The Morgan fingerprint density at radius 1 is 0.757 bits per heavy atom. The summed E-state index contributed by atoms with van der Waals surface area (Å²) in [6, 6.07) is 13.2. The number of para-hydroxylation sites is 2. The molecule has 10 heteroatoms. The summed E-state index contributed by atoms with van der Waals surface area (Å²) in [5.41, 5.74) is -2.63. The molecule has 0 fully saturated rings. The quantitative estimate of drug-likeness (QED) is 0.514. The van der Waals surface area contributed by atoms with E-state index >= 15 is 0 Å². The first kappa shape index (κ1) is 26.3. The summed E-state index contributed by atoms with van der Waals surface area (Å²) >= 11 is 0. The van der Waals surface area contributed by atoms with Crippen LogP contribution in [-0.4, -0.2) is 54.9 Å². The van der Waals surface area contributed by atoms with E-state index in [0.717, 1.165) is 0 Å². The molecule has 2 amide bonds. The van der Waals surface area contributed by atoms with Crippen molar-refractivity contribution in [3.05, 3.63) is 59.7 Å². The van der Waals surface area contributed by atoms with Gasteiger partial charge >= 0.3 is 11.9 Å². The third-order valence-electron chi connectivity index (χ3n) is 7.17.